The van der Waals surface area contributed by atoms with Crippen molar-refractivity contribution in [2.24, 2.45) is 5.92 Å². The van der Waals surface area contributed by atoms with Crippen LogP contribution in [0.3, 0.4) is 0 Å². The molecule has 2 aliphatic heterocycles. The van der Waals surface area contributed by atoms with Crippen LogP contribution >= 0.6 is 0 Å². The molecule has 2 saturated heterocycles. The summed E-state index contributed by atoms with van der Waals surface area (Å²) in [5.74, 6) is 2.38. The quantitative estimate of drug-likeness (QED) is 0.564. The molecule has 0 N–H and O–H groups in total. The lowest BCUT2D eigenvalue weighted by molar-refractivity contribution is 0.262. The standard InChI is InChI=1S/C24H30O4/c1-17(2)12-24(3,18-4-8-20(9-5-18)25-13-22-15-27-22)19-6-10-21(11-7-19)26-14-23-16-28-23/h4-11,17,22-23H,12-16H2,1-3H3. The van der Waals surface area contributed by atoms with Crippen LogP contribution in [-0.4, -0.2) is 38.6 Å². The number of benzene rings is 2. The summed E-state index contributed by atoms with van der Waals surface area (Å²) in [5, 5.41) is 0. The van der Waals surface area contributed by atoms with Crippen molar-refractivity contribution in [1.29, 1.82) is 0 Å². The van der Waals surface area contributed by atoms with Gasteiger partial charge in [-0.3, -0.25) is 0 Å². The molecule has 0 aliphatic carbocycles. The molecule has 0 spiro atoms. The Kier molecular flexibility index (Phi) is 5.61. The van der Waals surface area contributed by atoms with E-state index in [0.29, 0.717) is 19.1 Å². The van der Waals surface area contributed by atoms with Gasteiger partial charge in [-0.05, 0) is 47.7 Å². The molecule has 0 bridgehead atoms. The van der Waals surface area contributed by atoms with Crippen molar-refractivity contribution in [3.63, 3.8) is 0 Å². The molecule has 2 unspecified atom stereocenters. The number of ether oxygens (including phenoxy) is 4. The van der Waals surface area contributed by atoms with Crippen LogP contribution in [0.25, 0.3) is 0 Å². The van der Waals surface area contributed by atoms with Crippen molar-refractivity contribution in [3.05, 3.63) is 59.7 Å². The van der Waals surface area contributed by atoms with Gasteiger partial charge in [0.2, 0.25) is 0 Å². The molecule has 2 aromatic rings. The number of epoxide rings is 2. The van der Waals surface area contributed by atoms with Gasteiger partial charge < -0.3 is 18.9 Å². The Morgan fingerprint density at radius 2 is 1.21 bits per heavy atom. The summed E-state index contributed by atoms with van der Waals surface area (Å²) >= 11 is 0. The molecule has 2 heterocycles. The van der Waals surface area contributed by atoms with Gasteiger partial charge in [-0.2, -0.15) is 0 Å². The maximum Gasteiger partial charge on any atom is 0.119 e. The summed E-state index contributed by atoms with van der Waals surface area (Å²) in [4.78, 5) is 0. The van der Waals surface area contributed by atoms with Crippen LogP contribution in [0.15, 0.2) is 48.5 Å². The predicted octanol–water partition coefficient (Wildman–Crippen LogP) is 4.59. The Morgan fingerprint density at radius 3 is 1.54 bits per heavy atom. The fourth-order valence-electron chi connectivity index (χ4n) is 3.76. The molecule has 150 valence electrons. The lowest BCUT2D eigenvalue weighted by Gasteiger charge is -2.33. The fourth-order valence-corrected chi connectivity index (χ4v) is 3.76. The molecule has 2 aromatic carbocycles. The monoisotopic (exact) mass is 382 g/mol. The van der Waals surface area contributed by atoms with Gasteiger partial charge in [0, 0.05) is 5.41 Å². The van der Waals surface area contributed by atoms with Crippen molar-refractivity contribution in [1.82, 2.24) is 0 Å². The predicted molar refractivity (Wildman–Crippen MR) is 109 cm³/mol. The molecule has 0 amide bonds. The van der Waals surface area contributed by atoms with Crippen molar-refractivity contribution in [2.45, 2.75) is 44.8 Å². The third kappa shape index (κ3) is 4.86. The van der Waals surface area contributed by atoms with Crippen LogP contribution in [0, 0.1) is 5.92 Å². The summed E-state index contributed by atoms with van der Waals surface area (Å²) < 4.78 is 22.0. The number of hydrogen-bond donors (Lipinski definition) is 0. The Hall–Kier alpha value is -2.04. The zero-order chi connectivity index (χ0) is 19.6. The van der Waals surface area contributed by atoms with E-state index in [0.717, 1.165) is 31.1 Å². The highest BCUT2D eigenvalue weighted by atomic mass is 16.6. The van der Waals surface area contributed by atoms with Crippen LogP contribution in [0.2, 0.25) is 0 Å². The first kappa shape index (κ1) is 19.3. The van der Waals surface area contributed by atoms with Crippen molar-refractivity contribution >= 4 is 0 Å². The van der Waals surface area contributed by atoms with Crippen LogP contribution in [0.5, 0.6) is 11.5 Å². The average Bonchev–Trinajstić information content (AvgIpc) is 3.60. The first-order chi connectivity index (χ1) is 13.5. The third-order valence-corrected chi connectivity index (χ3v) is 5.48. The summed E-state index contributed by atoms with van der Waals surface area (Å²) in [6, 6.07) is 17.1. The highest BCUT2D eigenvalue weighted by Gasteiger charge is 2.30. The topological polar surface area (TPSA) is 43.5 Å². The molecule has 2 atom stereocenters. The summed E-state index contributed by atoms with van der Waals surface area (Å²) in [5.41, 5.74) is 2.54. The molecule has 0 aromatic heterocycles. The second-order valence-corrected chi connectivity index (χ2v) is 8.51. The lowest BCUT2D eigenvalue weighted by Crippen LogP contribution is -2.25. The van der Waals surface area contributed by atoms with E-state index in [1.54, 1.807) is 0 Å². The minimum absolute atomic E-state index is 0.0650. The average molecular weight is 383 g/mol. The first-order valence-electron chi connectivity index (χ1n) is 10.2. The zero-order valence-electron chi connectivity index (χ0n) is 17.0. The molecule has 0 radical (unpaired) electrons. The van der Waals surface area contributed by atoms with E-state index >= 15 is 0 Å². The lowest BCUT2D eigenvalue weighted by atomic mass is 9.71. The molecule has 4 rings (SSSR count). The third-order valence-electron chi connectivity index (χ3n) is 5.48. The van der Waals surface area contributed by atoms with Gasteiger partial charge in [0.25, 0.3) is 0 Å². The zero-order valence-corrected chi connectivity index (χ0v) is 17.0. The normalized spacial score (nSPS) is 22.6. The molecule has 4 nitrogen and oxygen atoms in total. The highest BCUT2D eigenvalue weighted by molar-refractivity contribution is 5.42. The summed E-state index contributed by atoms with van der Waals surface area (Å²) in [6.45, 7) is 9.79. The van der Waals surface area contributed by atoms with Crippen LogP contribution in [0.1, 0.15) is 38.3 Å². The van der Waals surface area contributed by atoms with Crippen molar-refractivity contribution < 1.29 is 18.9 Å². The SMILES string of the molecule is CC(C)CC(C)(c1ccc(OCC2CO2)cc1)c1ccc(OCC2CO2)cc1. The largest absolute Gasteiger partial charge is 0.491 e. The summed E-state index contributed by atoms with van der Waals surface area (Å²) in [6.07, 6.45) is 1.62. The minimum Gasteiger partial charge on any atom is -0.491 e. The van der Waals surface area contributed by atoms with Gasteiger partial charge >= 0.3 is 0 Å². The van der Waals surface area contributed by atoms with Crippen LogP contribution < -0.4 is 9.47 Å². The molecule has 4 heteroatoms. The van der Waals surface area contributed by atoms with Gasteiger partial charge in [0.05, 0.1) is 13.2 Å². The Morgan fingerprint density at radius 1 is 0.821 bits per heavy atom. The Labute approximate surface area is 167 Å². The number of hydrogen-bond acceptors (Lipinski definition) is 4. The van der Waals surface area contributed by atoms with Crippen molar-refractivity contribution in [2.75, 3.05) is 26.4 Å². The second-order valence-electron chi connectivity index (χ2n) is 8.51. The Bertz CT molecular complexity index is 699. The first-order valence-corrected chi connectivity index (χ1v) is 10.2. The smallest absolute Gasteiger partial charge is 0.119 e. The molecule has 2 aliphatic rings. The van der Waals surface area contributed by atoms with Gasteiger partial charge in [0.1, 0.15) is 36.9 Å². The Balaban J connectivity index is 1.50. The van der Waals surface area contributed by atoms with Gasteiger partial charge in [-0.15, -0.1) is 0 Å². The van der Waals surface area contributed by atoms with Gasteiger partial charge in [-0.1, -0.05) is 45.0 Å². The van der Waals surface area contributed by atoms with Crippen LogP contribution in [-0.2, 0) is 14.9 Å². The minimum atomic E-state index is -0.0650. The van der Waals surface area contributed by atoms with E-state index in [4.69, 9.17) is 18.9 Å². The molecular formula is C24H30O4. The number of rotatable bonds is 10. The molecule has 0 saturated carbocycles. The maximum absolute atomic E-state index is 5.80. The maximum atomic E-state index is 5.80. The van der Waals surface area contributed by atoms with Crippen molar-refractivity contribution in [3.8, 4) is 11.5 Å². The van der Waals surface area contributed by atoms with Gasteiger partial charge in [0.15, 0.2) is 0 Å². The van der Waals surface area contributed by atoms with Gasteiger partial charge in [-0.25, -0.2) is 0 Å². The van der Waals surface area contributed by atoms with E-state index in [1.165, 1.54) is 11.1 Å². The van der Waals surface area contributed by atoms with E-state index in [9.17, 15) is 0 Å². The van der Waals surface area contributed by atoms with E-state index in [2.05, 4.69) is 69.3 Å². The summed E-state index contributed by atoms with van der Waals surface area (Å²) in [7, 11) is 0. The second kappa shape index (κ2) is 8.14. The van der Waals surface area contributed by atoms with Crippen LogP contribution in [0.4, 0.5) is 0 Å². The highest BCUT2D eigenvalue weighted by Crippen LogP contribution is 2.39. The van der Waals surface area contributed by atoms with E-state index < -0.39 is 0 Å². The van der Waals surface area contributed by atoms with E-state index in [-0.39, 0.29) is 17.6 Å². The van der Waals surface area contributed by atoms with E-state index in [1.807, 2.05) is 0 Å². The molecule has 28 heavy (non-hydrogen) atoms. The molecular weight excluding hydrogens is 352 g/mol. The fraction of sp³-hybridized carbons (Fsp3) is 0.500. The molecule has 2 fully saturated rings.